The zero-order valence-corrected chi connectivity index (χ0v) is 16.3. The van der Waals surface area contributed by atoms with Gasteiger partial charge in [-0.3, -0.25) is 4.99 Å². The van der Waals surface area contributed by atoms with Crippen LogP contribution in [0.15, 0.2) is 29.3 Å². The molecule has 0 radical (unpaired) electrons. The molecule has 5 heteroatoms. The van der Waals surface area contributed by atoms with Gasteiger partial charge in [0.25, 0.3) is 0 Å². The number of thioether (sulfide) groups is 1. The molecule has 3 rings (SSSR count). The average Bonchev–Trinajstić information content (AvgIpc) is 3.07. The lowest BCUT2D eigenvalue weighted by Crippen LogP contribution is -2.46. The average molecular weight is 362 g/mol. The van der Waals surface area contributed by atoms with E-state index in [9.17, 15) is 0 Å². The van der Waals surface area contributed by atoms with Gasteiger partial charge in [-0.1, -0.05) is 18.2 Å². The summed E-state index contributed by atoms with van der Waals surface area (Å²) in [5.74, 6) is 3.17. The predicted molar refractivity (Wildman–Crippen MR) is 108 cm³/mol. The van der Waals surface area contributed by atoms with E-state index in [4.69, 9.17) is 4.74 Å². The second-order valence-corrected chi connectivity index (χ2v) is 8.12. The number of benzene rings is 1. The van der Waals surface area contributed by atoms with E-state index >= 15 is 0 Å². The van der Waals surface area contributed by atoms with Crippen LogP contribution in [0.25, 0.3) is 0 Å². The van der Waals surface area contributed by atoms with Gasteiger partial charge in [-0.05, 0) is 56.6 Å². The number of fused-ring (bicyclic) bond motifs is 1. The van der Waals surface area contributed by atoms with Crippen LogP contribution in [0.3, 0.4) is 0 Å². The molecule has 1 aromatic rings. The van der Waals surface area contributed by atoms with Gasteiger partial charge in [0.05, 0.1) is 6.04 Å². The van der Waals surface area contributed by atoms with Crippen molar-refractivity contribution < 1.29 is 4.74 Å². The SMILES string of the molecule is CN=C(NCCCCSC)NC1CC2(CCCC2)Oc2ccccc21. The predicted octanol–water partition coefficient (Wildman–Crippen LogP) is 4.13. The Balaban J connectivity index is 1.65. The molecule has 2 aliphatic rings. The molecule has 1 aliphatic heterocycles. The summed E-state index contributed by atoms with van der Waals surface area (Å²) in [6.07, 6.45) is 10.5. The Morgan fingerprint density at radius 3 is 2.84 bits per heavy atom. The van der Waals surface area contributed by atoms with Gasteiger partial charge in [-0.25, -0.2) is 0 Å². The van der Waals surface area contributed by atoms with Gasteiger partial charge < -0.3 is 15.4 Å². The van der Waals surface area contributed by atoms with E-state index in [2.05, 4.69) is 46.1 Å². The lowest BCUT2D eigenvalue weighted by molar-refractivity contribution is 0.0396. The zero-order valence-electron chi connectivity index (χ0n) is 15.5. The fraction of sp³-hybridized carbons (Fsp3) is 0.650. The smallest absolute Gasteiger partial charge is 0.191 e. The van der Waals surface area contributed by atoms with Gasteiger partial charge in [0.2, 0.25) is 0 Å². The first kappa shape index (κ1) is 18.4. The third kappa shape index (κ3) is 4.63. The van der Waals surface area contributed by atoms with E-state index < -0.39 is 0 Å². The third-order valence-electron chi connectivity index (χ3n) is 5.31. The van der Waals surface area contributed by atoms with Gasteiger partial charge >= 0.3 is 0 Å². The molecule has 1 aromatic carbocycles. The summed E-state index contributed by atoms with van der Waals surface area (Å²) >= 11 is 1.91. The summed E-state index contributed by atoms with van der Waals surface area (Å²) in [6.45, 7) is 0.968. The molecule has 25 heavy (non-hydrogen) atoms. The maximum atomic E-state index is 6.45. The topological polar surface area (TPSA) is 45.7 Å². The van der Waals surface area contributed by atoms with Gasteiger partial charge in [0.15, 0.2) is 5.96 Å². The van der Waals surface area contributed by atoms with Gasteiger partial charge in [-0.15, -0.1) is 0 Å². The monoisotopic (exact) mass is 361 g/mol. The first-order chi connectivity index (χ1) is 12.3. The number of guanidine groups is 1. The zero-order chi connectivity index (χ0) is 17.5. The lowest BCUT2D eigenvalue weighted by Gasteiger charge is -2.40. The van der Waals surface area contributed by atoms with Crippen LogP contribution < -0.4 is 15.4 Å². The highest BCUT2D eigenvalue weighted by Gasteiger charge is 2.43. The summed E-state index contributed by atoms with van der Waals surface area (Å²) in [7, 11) is 1.85. The van der Waals surface area contributed by atoms with Crippen molar-refractivity contribution in [3.63, 3.8) is 0 Å². The number of hydrogen-bond acceptors (Lipinski definition) is 3. The molecule has 1 saturated carbocycles. The summed E-state index contributed by atoms with van der Waals surface area (Å²) in [4.78, 5) is 4.44. The summed E-state index contributed by atoms with van der Waals surface area (Å²) < 4.78 is 6.45. The molecule has 1 fully saturated rings. The number of aliphatic imine (C=N–C) groups is 1. The van der Waals surface area contributed by atoms with Crippen LogP contribution in [-0.4, -0.2) is 37.2 Å². The Morgan fingerprint density at radius 2 is 2.08 bits per heavy atom. The Morgan fingerprint density at radius 1 is 1.28 bits per heavy atom. The second kappa shape index (κ2) is 8.84. The van der Waals surface area contributed by atoms with E-state index in [0.29, 0.717) is 0 Å². The van der Waals surface area contributed by atoms with E-state index in [-0.39, 0.29) is 11.6 Å². The number of nitrogens with zero attached hydrogens (tertiary/aromatic N) is 1. The van der Waals surface area contributed by atoms with Crippen molar-refractivity contribution in [1.82, 2.24) is 10.6 Å². The number of unbranched alkanes of at least 4 members (excludes halogenated alkanes) is 1. The van der Waals surface area contributed by atoms with Crippen molar-refractivity contribution in [3.05, 3.63) is 29.8 Å². The standard InChI is InChI=1S/C20H31N3OS/c1-21-19(22-13-7-8-14-25-2)23-17-15-20(11-5-6-12-20)24-18-10-4-3-9-16(17)18/h3-4,9-10,17H,5-8,11-15H2,1-2H3,(H2,21,22,23). The molecule has 1 spiro atoms. The minimum atomic E-state index is 0.0171. The molecule has 4 nitrogen and oxygen atoms in total. The van der Waals surface area contributed by atoms with Gasteiger partial charge in [0.1, 0.15) is 11.4 Å². The van der Waals surface area contributed by atoms with Crippen molar-refractivity contribution in [1.29, 1.82) is 0 Å². The molecule has 0 bridgehead atoms. The molecule has 1 unspecified atom stereocenters. The Bertz CT molecular complexity index is 584. The number of rotatable bonds is 6. The van der Waals surface area contributed by atoms with E-state index in [0.717, 1.165) is 24.7 Å². The first-order valence-electron chi connectivity index (χ1n) is 9.50. The van der Waals surface area contributed by atoms with E-state index in [1.165, 1.54) is 49.8 Å². The van der Waals surface area contributed by atoms with Crippen molar-refractivity contribution in [2.45, 2.75) is 56.6 Å². The number of hydrogen-bond donors (Lipinski definition) is 2. The molecule has 0 aromatic heterocycles. The molecule has 1 heterocycles. The number of nitrogens with one attached hydrogen (secondary N) is 2. The quantitative estimate of drug-likeness (QED) is 0.454. The molecule has 2 N–H and O–H groups in total. The minimum absolute atomic E-state index is 0.0171. The largest absolute Gasteiger partial charge is 0.487 e. The van der Waals surface area contributed by atoms with Crippen molar-refractivity contribution >= 4 is 17.7 Å². The molecule has 138 valence electrons. The highest BCUT2D eigenvalue weighted by atomic mass is 32.2. The second-order valence-electron chi connectivity index (χ2n) is 7.13. The van der Waals surface area contributed by atoms with Crippen molar-refractivity contribution in [2.75, 3.05) is 25.6 Å². The molecule has 0 amide bonds. The molecular weight excluding hydrogens is 330 g/mol. The van der Waals surface area contributed by atoms with E-state index in [1.54, 1.807) is 0 Å². The van der Waals surface area contributed by atoms with Gasteiger partial charge in [0, 0.05) is 25.6 Å². The lowest BCUT2D eigenvalue weighted by atomic mass is 9.86. The molecular formula is C20H31N3OS. The fourth-order valence-corrected chi connectivity index (χ4v) is 4.50. The first-order valence-corrected chi connectivity index (χ1v) is 10.9. The normalized spacial score (nSPS) is 21.7. The highest BCUT2D eigenvalue weighted by molar-refractivity contribution is 7.98. The van der Waals surface area contributed by atoms with Crippen LogP contribution in [0.5, 0.6) is 5.75 Å². The van der Waals surface area contributed by atoms with Crippen molar-refractivity contribution in [2.24, 2.45) is 4.99 Å². The van der Waals surface area contributed by atoms with Crippen LogP contribution in [-0.2, 0) is 0 Å². The highest BCUT2D eigenvalue weighted by Crippen LogP contribution is 2.46. The summed E-state index contributed by atoms with van der Waals surface area (Å²) in [6, 6.07) is 8.73. The molecule has 0 saturated heterocycles. The maximum Gasteiger partial charge on any atom is 0.191 e. The number of ether oxygens (including phenoxy) is 1. The van der Waals surface area contributed by atoms with Crippen molar-refractivity contribution in [3.8, 4) is 5.75 Å². The van der Waals surface area contributed by atoms with Crippen LogP contribution in [0.1, 0.15) is 56.6 Å². The molecule has 1 aliphatic carbocycles. The van der Waals surface area contributed by atoms with E-state index in [1.807, 2.05) is 18.8 Å². The summed E-state index contributed by atoms with van der Waals surface area (Å²) in [5, 5.41) is 7.13. The van der Waals surface area contributed by atoms with Crippen LogP contribution in [0, 0.1) is 0 Å². The Hall–Kier alpha value is -1.36. The third-order valence-corrected chi connectivity index (χ3v) is 6.01. The van der Waals surface area contributed by atoms with Crippen LogP contribution >= 0.6 is 11.8 Å². The van der Waals surface area contributed by atoms with Crippen LogP contribution in [0.2, 0.25) is 0 Å². The number of para-hydroxylation sites is 1. The maximum absolute atomic E-state index is 6.45. The summed E-state index contributed by atoms with van der Waals surface area (Å²) in [5.41, 5.74) is 1.27. The Labute approximate surface area is 156 Å². The molecule has 1 atom stereocenters. The fourth-order valence-electron chi connectivity index (χ4n) is 4.01. The van der Waals surface area contributed by atoms with Gasteiger partial charge in [-0.2, -0.15) is 11.8 Å². The van der Waals surface area contributed by atoms with Crippen LogP contribution in [0.4, 0.5) is 0 Å². The Kier molecular flexibility index (Phi) is 6.51. The minimum Gasteiger partial charge on any atom is -0.487 e.